The van der Waals surface area contributed by atoms with Crippen molar-refractivity contribution in [2.45, 2.75) is 59.0 Å². The zero-order valence-corrected chi connectivity index (χ0v) is 28.2. The third-order valence-corrected chi connectivity index (χ3v) is 8.88. The van der Waals surface area contributed by atoms with Crippen LogP contribution in [0.1, 0.15) is 51.3 Å². The molecule has 8 nitrogen and oxygen atoms in total. The Kier molecular flexibility index (Phi) is 9.38. The van der Waals surface area contributed by atoms with Crippen molar-refractivity contribution in [2.24, 2.45) is 11.8 Å². The lowest BCUT2D eigenvalue weighted by Crippen LogP contribution is -2.56. The normalized spacial score (nSPS) is 19.6. The first-order valence-electron chi connectivity index (χ1n) is 16.4. The van der Waals surface area contributed by atoms with Crippen molar-refractivity contribution in [3.63, 3.8) is 0 Å². The number of fused-ring (bicyclic) bond motifs is 1. The van der Waals surface area contributed by atoms with Gasteiger partial charge in [0.05, 0.1) is 11.1 Å². The van der Waals surface area contributed by atoms with Crippen LogP contribution in [0, 0.1) is 11.8 Å². The smallest absolute Gasteiger partial charge is 0.410 e. The van der Waals surface area contributed by atoms with Gasteiger partial charge in [-0.1, -0.05) is 80.6 Å². The van der Waals surface area contributed by atoms with Crippen LogP contribution in [-0.2, 0) is 23.6 Å². The Hall–Kier alpha value is -4.95. The second-order valence-electron chi connectivity index (χ2n) is 13.7. The molecule has 3 heterocycles. The SMILES string of the molecule is C[C@@H]1CN(C(=O)OC(C)(C)C)C[C@H](C)C1(O)c1ccc2ncc(-c3ccc(OCc4ccccc4)nc3OCc3ccccc3)cc2c1. The largest absolute Gasteiger partial charge is 0.473 e. The van der Waals surface area contributed by atoms with E-state index in [1.54, 1.807) is 4.90 Å². The molecule has 3 aromatic carbocycles. The van der Waals surface area contributed by atoms with Crippen LogP contribution in [0.3, 0.4) is 0 Å². The van der Waals surface area contributed by atoms with Gasteiger partial charge in [0, 0.05) is 53.7 Å². The second-order valence-corrected chi connectivity index (χ2v) is 13.7. The van der Waals surface area contributed by atoms with E-state index in [2.05, 4.69) is 6.07 Å². The fraction of sp³-hybridized carbons (Fsp3) is 0.325. The van der Waals surface area contributed by atoms with Crippen molar-refractivity contribution >= 4 is 17.0 Å². The average molecular weight is 646 g/mol. The van der Waals surface area contributed by atoms with Crippen LogP contribution in [0.4, 0.5) is 4.79 Å². The molecule has 0 aliphatic carbocycles. The van der Waals surface area contributed by atoms with Gasteiger partial charge in [0.1, 0.15) is 18.8 Å². The number of ether oxygens (including phenoxy) is 3. The molecule has 1 amide bonds. The van der Waals surface area contributed by atoms with Crippen LogP contribution in [0.15, 0.2) is 103 Å². The Morgan fingerprint density at radius 3 is 2.10 bits per heavy atom. The van der Waals surface area contributed by atoms with Crippen molar-refractivity contribution < 1.29 is 24.1 Å². The van der Waals surface area contributed by atoms with Gasteiger partial charge in [-0.15, -0.1) is 0 Å². The third-order valence-electron chi connectivity index (χ3n) is 8.88. The summed E-state index contributed by atoms with van der Waals surface area (Å²) in [5.74, 6) is 0.447. The number of aliphatic hydroxyl groups is 1. The minimum atomic E-state index is -1.15. The lowest BCUT2D eigenvalue weighted by Gasteiger charge is -2.48. The lowest BCUT2D eigenvalue weighted by molar-refractivity contribution is -0.111. The van der Waals surface area contributed by atoms with Crippen LogP contribution in [0.2, 0.25) is 0 Å². The molecule has 0 bridgehead atoms. The summed E-state index contributed by atoms with van der Waals surface area (Å²) in [7, 11) is 0. The molecule has 0 radical (unpaired) electrons. The molecule has 5 aromatic rings. The Labute approximate surface area is 282 Å². The summed E-state index contributed by atoms with van der Waals surface area (Å²) >= 11 is 0. The van der Waals surface area contributed by atoms with E-state index in [1.807, 2.05) is 132 Å². The zero-order chi connectivity index (χ0) is 33.9. The van der Waals surface area contributed by atoms with Crippen LogP contribution >= 0.6 is 0 Å². The molecule has 1 aliphatic heterocycles. The number of likely N-dealkylation sites (tertiary alicyclic amines) is 1. The first kappa shape index (κ1) is 33.0. The highest BCUT2D eigenvalue weighted by atomic mass is 16.6. The maximum absolute atomic E-state index is 12.9. The predicted molar refractivity (Wildman–Crippen MR) is 187 cm³/mol. The van der Waals surface area contributed by atoms with Crippen LogP contribution < -0.4 is 9.47 Å². The molecular formula is C40H43N3O5. The Balaban J connectivity index is 1.29. The standard InChI is InChI=1S/C40H43N3O5/c1-27-23-43(38(44)48-39(3,4)5)24-28(2)40(27,45)33-16-18-35-31(21-33)20-32(22-41-35)34-17-19-36(46-25-29-12-8-6-9-13-29)42-37(34)47-26-30-14-10-7-11-15-30/h6-22,27-28,45H,23-26H2,1-5H3/t27-,28+,40?. The number of aromatic nitrogens is 2. The first-order chi connectivity index (χ1) is 23.0. The molecule has 48 heavy (non-hydrogen) atoms. The molecule has 1 aliphatic rings. The van der Waals surface area contributed by atoms with Gasteiger partial charge in [-0.25, -0.2) is 4.79 Å². The van der Waals surface area contributed by atoms with Crippen LogP contribution in [0.5, 0.6) is 11.8 Å². The molecule has 0 saturated carbocycles. The fourth-order valence-electron chi connectivity index (χ4n) is 6.36. The van der Waals surface area contributed by atoms with Gasteiger partial charge in [0.25, 0.3) is 0 Å². The summed E-state index contributed by atoms with van der Waals surface area (Å²) in [6.45, 7) is 11.0. The topological polar surface area (TPSA) is 94.0 Å². The number of carbonyl (C=O) groups is 1. The Morgan fingerprint density at radius 2 is 1.48 bits per heavy atom. The number of piperidine rings is 1. The number of hydrogen-bond acceptors (Lipinski definition) is 7. The summed E-state index contributed by atoms with van der Waals surface area (Å²) < 4.78 is 18.0. The van der Waals surface area contributed by atoms with Gasteiger partial charge in [-0.3, -0.25) is 4.98 Å². The van der Waals surface area contributed by atoms with E-state index in [0.717, 1.165) is 38.7 Å². The number of rotatable bonds is 8. The number of amides is 1. The van der Waals surface area contributed by atoms with Gasteiger partial charge >= 0.3 is 6.09 Å². The summed E-state index contributed by atoms with van der Waals surface area (Å²) in [6, 6.07) is 31.7. The summed E-state index contributed by atoms with van der Waals surface area (Å²) in [5, 5.41) is 13.1. The zero-order valence-electron chi connectivity index (χ0n) is 28.2. The predicted octanol–water partition coefficient (Wildman–Crippen LogP) is 8.17. The molecule has 3 atom stereocenters. The minimum absolute atomic E-state index is 0.229. The second kappa shape index (κ2) is 13.6. The highest BCUT2D eigenvalue weighted by molar-refractivity contribution is 5.85. The van der Waals surface area contributed by atoms with E-state index in [-0.39, 0.29) is 17.9 Å². The van der Waals surface area contributed by atoms with Gasteiger partial charge in [0.15, 0.2) is 0 Å². The van der Waals surface area contributed by atoms with Gasteiger partial charge in [-0.05, 0) is 61.7 Å². The highest BCUT2D eigenvalue weighted by Crippen LogP contribution is 2.43. The Morgan fingerprint density at radius 1 is 0.854 bits per heavy atom. The summed E-state index contributed by atoms with van der Waals surface area (Å²) in [5.41, 5.74) is 3.55. The van der Waals surface area contributed by atoms with E-state index in [4.69, 9.17) is 24.2 Å². The molecule has 248 valence electrons. The number of benzene rings is 3. The minimum Gasteiger partial charge on any atom is -0.473 e. The van der Waals surface area contributed by atoms with Crippen molar-refractivity contribution in [2.75, 3.05) is 13.1 Å². The lowest BCUT2D eigenvalue weighted by atomic mass is 9.70. The van der Waals surface area contributed by atoms with E-state index in [1.165, 1.54) is 0 Å². The van der Waals surface area contributed by atoms with Crippen LogP contribution in [-0.4, -0.2) is 44.8 Å². The average Bonchev–Trinajstić information content (AvgIpc) is 3.08. The fourth-order valence-corrected chi connectivity index (χ4v) is 6.36. The summed E-state index contributed by atoms with van der Waals surface area (Å²) in [4.78, 5) is 24.1. The molecule has 8 heteroatoms. The molecule has 2 aromatic heterocycles. The molecule has 0 spiro atoms. The first-order valence-corrected chi connectivity index (χ1v) is 16.4. The maximum atomic E-state index is 12.9. The van der Waals surface area contributed by atoms with E-state index in [9.17, 15) is 9.90 Å². The van der Waals surface area contributed by atoms with Crippen molar-refractivity contribution in [3.05, 3.63) is 120 Å². The van der Waals surface area contributed by atoms with Crippen LogP contribution in [0.25, 0.3) is 22.0 Å². The third kappa shape index (κ3) is 7.29. The van der Waals surface area contributed by atoms with Gasteiger partial charge in [-0.2, -0.15) is 4.98 Å². The Bertz CT molecular complexity index is 1860. The number of carbonyl (C=O) groups excluding carboxylic acids is 1. The molecular weight excluding hydrogens is 602 g/mol. The van der Waals surface area contributed by atoms with Gasteiger partial charge in [0.2, 0.25) is 11.8 Å². The number of hydrogen-bond donors (Lipinski definition) is 1. The molecule has 1 unspecified atom stereocenters. The molecule has 1 N–H and O–H groups in total. The van der Waals surface area contributed by atoms with Crippen molar-refractivity contribution in [1.29, 1.82) is 0 Å². The quantitative estimate of drug-likeness (QED) is 0.182. The number of pyridine rings is 2. The van der Waals surface area contributed by atoms with Crippen molar-refractivity contribution in [3.8, 4) is 22.9 Å². The maximum Gasteiger partial charge on any atom is 0.410 e. The highest BCUT2D eigenvalue weighted by Gasteiger charge is 2.47. The van der Waals surface area contributed by atoms with Gasteiger partial charge < -0.3 is 24.2 Å². The van der Waals surface area contributed by atoms with Crippen molar-refractivity contribution in [1.82, 2.24) is 14.9 Å². The monoisotopic (exact) mass is 645 g/mol. The molecule has 1 fully saturated rings. The summed E-state index contributed by atoms with van der Waals surface area (Å²) in [6.07, 6.45) is 1.46. The van der Waals surface area contributed by atoms with E-state index < -0.39 is 11.2 Å². The van der Waals surface area contributed by atoms with E-state index >= 15 is 0 Å². The molecule has 1 saturated heterocycles. The van der Waals surface area contributed by atoms with E-state index in [0.29, 0.717) is 38.1 Å². The molecule has 6 rings (SSSR count). The number of nitrogens with zero attached hydrogens (tertiary/aromatic N) is 3.